The van der Waals surface area contributed by atoms with E-state index < -0.39 is 0 Å². The molecule has 0 radical (unpaired) electrons. The number of rotatable bonds is 8. The SMILES string of the molecule is COCC(=O)CCCNc1nccc(C(C)C)n1. The Morgan fingerprint density at radius 3 is 2.94 bits per heavy atom. The predicted octanol–water partition coefficient (Wildman–Crippen LogP) is 2.01. The van der Waals surface area contributed by atoms with Crippen LogP contribution in [0.3, 0.4) is 0 Å². The van der Waals surface area contributed by atoms with Crippen LogP contribution < -0.4 is 5.32 Å². The van der Waals surface area contributed by atoms with Crippen molar-refractivity contribution in [1.82, 2.24) is 9.97 Å². The number of hydrogen-bond donors (Lipinski definition) is 1. The molecule has 0 aliphatic heterocycles. The molecule has 0 saturated carbocycles. The molecule has 1 heterocycles. The number of Topliss-reactive ketones (excluding diaryl/α,β-unsaturated/α-hetero) is 1. The van der Waals surface area contributed by atoms with Crippen LogP contribution in [0.1, 0.15) is 38.3 Å². The maximum atomic E-state index is 11.2. The summed E-state index contributed by atoms with van der Waals surface area (Å²) in [5, 5.41) is 3.12. The van der Waals surface area contributed by atoms with Crippen molar-refractivity contribution in [3.05, 3.63) is 18.0 Å². The van der Waals surface area contributed by atoms with Crippen molar-refractivity contribution in [2.24, 2.45) is 0 Å². The van der Waals surface area contributed by atoms with E-state index in [-0.39, 0.29) is 12.4 Å². The van der Waals surface area contributed by atoms with Crippen LogP contribution in [0, 0.1) is 0 Å². The molecule has 0 atom stereocenters. The molecule has 0 bridgehead atoms. The van der Waals surface area contributed by atoms with Crippen LogP contribution >= 0.6 is 0 Å². The van der Waals surface area contributed by atoms with Crippen LogP contribution in [0.25, 0.3) is 0 Å². The Balaban J connectivity index is 2.31. The van der Waals surface area contributed by atoms with Crippen LogP contribution in [0.5, 0.6) is 0 Å². The summed E-state index contributed by atoms with van der Waals surface area (Å²) in [6, 6.07) is 1.91. The Labute approximate surface area is 108 Å². The van der Waals surface area contributed by atoms with Crippen LogP contribution in [0.4, 0.5) is 5.95 Å². The molecule has 0 fully saturated rings. The van der Waals surface area contributed by atoms with Gasteiger partial charge in [-0.05, 0) is 18.4 Å². The van der Waals surface area contributed by atoms with Gasteiger partial charge in [-0.15, -0.1) is 0 Å². The number of hydrogen-bond acceptors (Lipinski definition) is 5. The highest BCUT2D eigenvalue weighted by atomic mass is 16.5. The summed E-state index contributed by atoms with van der Waals surface area (Å²) >= 11 is 0. The van der Waals surface area contributed by atoms with Crippen LogP contribution in [0.15, 0.2) is 12.3 Å². The quantitative estimate of drug-likeness (QED) is 0.716. The Kier molecular flexibility index (Phi) is 6.28. The summed E-state index contributed by atoms with van der Waals surface area (Å²) in [6.45, 7) is 5.07. The van der Waals surface area contributed by atoms with E-state index >= 15 is 0 Å². The number of methoxy groups -OCH3 is 1. The summed E-state index contributed by atoms with van der Waals surface area (Å²) in [7, 11) is 1.53. The molecule has 1 rings (SSSR count). The molecule has 5 nitrogen and oxygen atoms in total. The fraction of sp³-hybridized carbons (Fsp3) is 0.615. The summed E-state index contributed by atoms with van der Waals surface area (Å²) in [4.78, 5) is 19.8. The Bertz CT molecular complexity index is 380. The maximum absolute atomic E-state index is 11.2. The van der Waals surface area contributed by atoms with E-state index in [2.05, 4.69) is 29.1 Å². The van der Waals surface area contributed by atoms with E-state index in [1.807, 2.05) is 6.07 Å². The summed E-state index contributed by atoms with van der Waals surface area (Å²) in [5.41, 5.74) is 1.02. The maximum Gasteiger partial charge on any atom is 0.222 e. The number of nitrogens with zero attached hydrogens (tertiary/aromatic N) is 2. The number of ketones is 1. The first-order chi connectivity index (χ1) is 8.63. The summed E-state index contributed by atoms with van der Waals surface area (Å²) in [6.07, 6.45) is 3.03. The van der Waals surface area contributed by atoms with Crippen molar-refractivity contribution in [3.63, 3.8) is 0 Å². The molecule has 1 aromatic heterocycles. The van der Waals surface area contributed by atoms with Crippen LogP contribution in [0.2, 0.25) is 0 Å². The van der Waals surface area contributed by atoms with Gasteiger partial charge in [0.2, 0.25) is 5.95 Å². The van der Waals surface area contributed by atoms with Crippen LogP contribution in [-0.4, -0.2) is 36.0 Å². The van der Waals surface area contributed by atoms with Crippen LogP contribution in [-0.2, 0) is 9.53 Å². The van der Waals surface area contributed by atoms with Gasteiger partial charge in [0, 0.05) is 32.0 Å². The zero-order valence-electron chi connectivity index (χ0n) is 11.3. The third-order valence-electron chi connectivity index (χ3n) is 2.49. The smallest absolute Gasteiger partial charge is 0.222 e. The number of nitrogens with one attached hydrogen (secondary N) is 1. The molecule has 0 aliphatic carbocycles. The molecule has 0 saturated heterocycles. The highest BCUT2D eigenvalue weighted by molar-refractivity contribution is 5.79. The second-order valence-electron chi connectivity index (χ2n) is 4.46. The van der Waals surface area contributed by atoms with E-state index in [0.29, 0.717) is 24.8 Å². The lowest BCUT2D eigenvalue weighted by molar-refractivity contribution is -0.122. The molecular formula is C13H21N3O2. The zero-order valence-corrected chi connectivity index (χ0v) is 11.3. The molecule has 0 amide bonds. The third kappa shape index (κ3) is 5.23. The third-order valence-corrected chi connectivity index (χ3v) is 2.49. The van der Waals surface area contributed by atoms with E-state index in [1.54, 1.807) is 6.20 Å². The van der Waals surface area contributed by atoms with Crippen molar-refractivity contribution >= 4 is 11.7 Å². The molecule has 0 spiro atoms. The van der Waals surface area contributed by atoms with Gasteiger partial charge in [-0.1, -0.05) is 13.8 Å². The molecule has 0 unspecified atom stereocenters. The minimum Gasteiger partial charge on any atom is -0.377 e. The number of carbonyl (C=O) groups is 1. The largest absolute Gasteiger partial charge is 0.377 e. The molecule has 1 N–H and O–H groups in total. The molecular weight excluding hydrogens is 230 g/mol. The van der Waals surface area contributed by atoms with E-state index in [9.17, 15) is 4.79 Å². The lowest BCUT2D eigenvalue weighted by Crippen LogP contribution is -2.11. The van der Waals surface area contributed by atoms with Crippen molar-refractivity contribution in [1.29, 1.82) is 0 Å². The molecule has 0 aliphatic rings. The lowest BCUT2D eigenvalue weighted by Gasteiger charge is -2.07. The number of anilines is 1. The van der Waals surface area contributed by atoms with Gasteiger partial charge in [0.1, 0.15) is 6.61 Å². The molecule has 0 aromatic carbocycles. The second kappa shape index (κ2) is 7.76. The van der Waals surface area contributed by atoms with Gasteiger partial charge < -0.3 is 10.1 Å². The second-order valence-corrected chi connectivity index (χ2v) is 4.46. The fourth-order valence-electron chi connectivity index (χ4n) is 1.50. The first kappa shape index (κ1) is 14.6. The molecule has 18 heavy (non-hydrogen) atoms. The Morgan fingerprint density at radius 1 is 1.50 bits per heavy atom. The minimum atomic E-state index is 0.121. The van der Waals surface area contributed by atoms with Gasteiger partial charge >= 0.3 is 0 Å². The Morgan fingerprint density at radius 2 is 2.28 bits per heavy atom. The number of aromatic nitrogens is 2. The van der Waals surface area contributed by atoms with Gasteiger partial charge in [-0.2, -0.15) is 0 Å². The van der Waals surface area contributed by atoms with E-state index in [4.69, 9.17) is 4.74 Å². The molecule has 100 valence electrons. The van der Waals surface area contributed by atoms with Crippen molar-refractivity contribution in [2.45, 2.75) is 32.6 Å². The van der Waals surface area contributed by atoms with Crippen molar-refractivity contribution < 1.29 is 9.53 Å². The standard InChI is InChI=1S/C13H21N3O2/c1-10(2)12-6-8-15-13(16-12)14-7-4-5-11(17)9-18-3/h6,8,10H,4-5,7,9H2,1-3H3,(H,14,15,16). The van der Waals surface area contributed by atoms with Crippen molar-refractivity contribution in [2.75, 3.05) is 25.6 Å². The minimum absolute atomic E-state index is 0.121. The van der Waals surface area contributed by atoms with Gasteiger partial charge in [-0.3, -0.25) is 4.79 Å². The number of carbonyl (C=O) groups excluding carboxylic acids is 1. The van der Waals surface area contributed by atoms with E-state index in [1.165, 1.54) is 7.11 Å². The van der Waals surface area contributed by atoms with Gasteiger partial charge in [0.05, 0.1) is 0 Å². The van der Waals surface area contributed by atoms with Gasteiger partial charge in [0.15, 0.2) is 5.78 Å². The molecule has 5 heteroatoms. The van der Waals surface area contributed by atoms with Gasteiger partial charge in [-0.25, -0.2) is 9.97 Å². The first-order valence-corrected chi connectivity index (χ1v) is 6.21. The lowest BCUT2D eigenvalue weighted by atomic mass is 10.1. The summed E-state index contributed by atoms with van der Waals surface area (Å²) < 4.78 is 4.77. The Hall–Kier alpha value is -1.49. The fourth-order valence-corrected chi connectivity index (χ4v) is 1.50. The monoisotopic (exact) mass is 251 g/mol. The average molecular weight is 251 g/mol. The summed E-state index contributed by atoms with van der Waals surface area (Å²) in [5.74, 6) is 1.13. The first-order valence-electron chi connectivity index (χ1n) is 6.21. The highest BCUT2D eigenvalue weighted by Crippen LogP contribution is 2.11. The van der Waals surface area contributed by atoms with E-state index in [0.717, 1.165) is 12.1 Å². The topological polar surface area (TPSA) is 64.1 Å². The average Bonchev–Trinajstić information content (AvgIpc) is 2.35. The zero-order chi connectivity index (χ0) is 13.4. The molecule has 1 aromatic rings. The predicted molar refractivity (Wildman–Crippen MR) is 70.7 cm³/mol. The number of ether oxygens (including phenoxy) is 1. The van der Waals surface area contributed by atoms with Crippen molar-refractivity contribution in [3.8, 4) is 0 Å². The van der Waals surface area contributed by atoms with Gasteiger partial charge in [0.25, 0.3) is 0 Å². The highest BCUT2D eigenvalue weighted by Gasteiger charge is 2.03. The normalized spacial score (nSPS) is 10.7.